The monoisotopic (exact) mass is 376 g/mol. The zero-order valence-corrected chi connectivity index (χ0v) is 14.7. The van der Waals surface area contributed by atoms with Crippen molar-refractivity contribution in [3.63, 3.8) is 0 Å². The fraction of sp³-hybridized carbons (Fsp3) is 0.0588. The predicted molar refractivity (Wildman–Crippen MR) is 95.0 cm³/mol. The van der Waals surface area contributed by atoms with Gasteiger partial charge < -0.3 is 5.32 Å². The Morgan fingerprint density at radius 3 is 2.48 bits per heavy atom. The summed E-state index contributed by atoms with van der Waals surface area (Å²) < 4.78 is 36.6. The lowest BCUT2D eigenvalue weighted by Crippen LogP contribution is -2.14. The van der Waals surface area contributed by atoms with E-state index in [1.807, 2.05) is 0 Å². The molecule has 1 amide bonds. The topological polar surface area (TPSA) is 76.1 Å². The molecule has 25 heavy (non-hydrogen) atoms. The maximum atomic E-state index is 13.0. The number of halogens is 1. The number of amides is 1. The fourth-order valence-electron chi connectivity index (χ4n) is 2.18. The van der Waals surface area contributed by atoms with E-state index in [0.29, 0.717) is 10.6 Å². The fourth-order valence-corrected chi connectivity index (χ4v) is 3.83. The third-order valence-corrected chi connectivity index (χ3v) is 5.41. The van der Waals surface area contributed by atoms with Crippen LogP contribution in [-0.4, -0.2) is 25.6 Å². The van der Waals surface area contributed by atoms with Crippen LogP contribution < -0.4 is 5.32 Å². The van der Waals surface area contributed by atoms with Crippen LogP contribution in [0.3, 0.4) is 0 Å². The van der Waals surface area contributed by atoms with Crippen LogP contribution >= 0.6 is 11.3 Å². The van der Waals surface area contributed by atoms with Crippen molar-refractivity contribution in [2.24, 2.45) is 0 Å². The molecule has 2 aromatic carbocycles. The van der Waals surface area contributed by atoms with Crippen LogP contribution in [0.25, 0.3) is 10.6 Å². The average molecular weight is 376 g/mol. The number of anilines is 1. The number of nitrogens with zero attached hydrogens (tertiary/aromatic N) is 1. The van der Waals surface area contributed by atoms with Crippen LogP contribution in [0.5, 0.6) is 0 Å². The highest BCUT2D eigenvalue weighted by molar-refractivity contribution is 7.90. The standard InChI is InChI=1S/C17H13FN2O3S2/c1-25(22,23)15-5-3-2-4-13(15)19-16(21)14-10-24-17(20-14)11-6-8-12(18)9-7-11/h2-10H,1H3,(H,19,21). The number of nitrogens with one attached hydrogen (secondary N) is 1. The van der Waals surface area contributed by atoms with Crippen molar-refractivity contribution in [1.29, 1.82) is 0 Å². The minimum Gasteiger partial charge on any atom is -0.319 e. The van der Waals surface area contributed by atoms with Crippen molar-refractivity contribution in [3.8, 4) is 10.6 Å². The van der Waals surface area contributed by atoms with Gasteiger partial charge in [-0.3, -0.25) is 4.79 Å². The van der Waals surface area contributed by atoms with Crippen molar-refractivity contribution < 1.29 is 17.6 Å². The molecule has 0 radical (unpaired) electrons. The van der Waals surface area contributed by atoms with Crippen molar-refractivity contribution in [2.45, 2.75) is 4.90 Å². The molecular weight excluding hydrogens is 363 g/mol. The summed E-state index contributed by atoms with van der Waals surface area (Å²) in [4.78, 5) is 16.6. The van der Waals surface area contributed by atoms with E-state index in [1.54, 1.807) is 29.6 Å². The molecule has 0 fully saturated rings. The zero-order valence-electron chi connectivity index (χ0n) is 13.1. The summed E-state index contributed by atoms with van der Waals surface area (Å²) in [6.45, 7) is 0. The van der Waals surface area contributed by atoms with Crippen LogP contribution in [0.1, 0.15) is 10.5 Å². The number of hydrogen-bond acceptors (Lipinski definition) is 5. The Labute approximate surface area is 148 Å². The SMILES string of the molecule is CS(=O)(=O)c1ccccc1NC(=O)c1csc(-c2ccc(F)cc2)n1. The predicted octanol–water partition coefficient (Wildman–Crippen LogP) is 3.61. The van der Waals surface area contributed by atoms with E-state index in [2.05, 4.69) is 10.3 Å². The smallest absolute Gasteiger partial charge is 0.275 e. The highest BCUT2D eigenvalue weighted by Gasteiger charge is 2.17. The van der Waals surface area contributed by atoms with Gasteiger partial charge in [0, 0.05) is 17.2 Å². The second-order valence-electron chi connectivity index (χ2n) is 5.27. The highest BCUT2D eigenvalue weighted by atomic mass is 32.2. The molecule has 1 heterocycles. The lowest BCUT2D eigenvalue weighted by Gasteiger charge is -2.08. The maximum absolute atomic E-state index is 13.0. The maximum Gasteiger partial charge on any atom is 0.275 e. The molecular formula is C17H13FN2O3S2. The Morgan fingerprint density at radius 1 is 1.12 bits per heavy atom. The second kappa shape index (κ2) is 6.73. The minimum atomic E-state index is -3.47. The van der Waals surface area contributed by atoms with E-state index >= 15 is 0 Å². The van der Waals surface area contributed by atoms with Crippen LogP contribution in [-0.2, 0) is 9.84 Å². The zero-order chi connectivity index (χ0) is 18.0. The minimum absolute atomic E-state index is 0.0392. The van der Waals surface area contributed by atoms with E-state index in [1.165, 1.54) is 35.6 Å². The number of para-hydroxylation sites is 1. The first-order valence-electron chi connectivity index (χ1n) is 7.16. The summed E-state index contributed by atoms with van der Waals surface area (Å²) in [5, 5.41) is 4.71. The summed E-state index contributed by atoms with van der Waals surface area (Å²) in [5.41, 5.74) is 1.06. The van der Waals surface area contributed by atoms with Crippen LogP contribution in [0, 0.1) is 5.82 Å². The van der Waals surface area contributed by atoms with Gasteiger partial charge in [0.1, 0.15) is 16.5 Å². The molecule has 3 aromatic rings. The van der Waals surface area contributed by atoms with Gasteiger partial charge in [-0.25, -0.2) is 17.8 Å². The Kier molecular flexibility index (Phi) is 4.65. The molecule has 1 N–H and O–H groups in total. The quantitative estimate of drug-likeness (QED) is 0.755. The summed E-state index contributed by atoms with van der Waals surface area (Å²) in [5.74, 6) is -0.864. The largest absolute Gasteiger partial charge is 0.319 e. The molecule has 0 aliphatic rings. The van der Waals surface area contributed by atoms with E-state index < -0.39 is 15.7 Å². The molecule has 0 saturated carbocycles. The molecule has 3 rings (SSSR count). The number of carbonyl (C=O) groups excluding carboxylic acids is 1. The molecule has 5 nitrogen and oxygen atoms in total. The molecule has 0 unspecified atom stereocenters. The molecule has 8 heteroatoms. The molecule has 0 bridgehead atoms. The summed E-state index contributed by atoms with van der Waals surface area (Å²) in [6.07, 6.45) is 1.08. The van der Waals surface area contributed by atoms with Gasteiger partial charge in [-0.2, -0.15) is 0 Å². The summed E-state index contributed by atoms with van der Waals surface area (Å²) in [7, 11) is -3.47. The Bertz CT molecular complexity index is 1030. The second-order valence-corrected chi connectivity index (χ2v) is 8.11. The number of benzene rings is 2. The van der Waals surface area contributed by atoms with Crippen molar-refractivity contribution in [2.75, 3.05) is 11.6 Å². The number of hydrogen-bond donors (Lipinski definition) is 1. The first-order valence-corrected chi connectivity index (χ1v) is 9.93. The van der Waals surface area contributed by atoms with Gasteiger partial charge in [0.05, 0.1) is 10.6 Å². The van der Waals surface area contributed by atoms with Crippen LogP contribution in [0.4, 0.5) is 10.1 Å². The van der Waals surface area contributed by atoms with Crippen molar-refractivity contribution >= 4 is 32.8 Å². The van der Waals surface area contributed by atoms with Crippen LogP contribution in [0.2, 0.25) is 0 Å². The van der Waals surface area contributed by atoms with Crippen LogP contribution in [0.15, 0.2) is 58.8 Å². The molecule has 0 spiro atoms. The van der Waals surface area contributed by atoms with E-state index in [4.69, 9.17) is 0 Å². The van der Waals surface area contributed by atoms with Crippen molar-refractivity contribution in [1.82, 2.24) is 4.98 Å². The summed E-state index contributed by atoms with van der Waals surface area (Å²) >= 11 is 1.24. The molecule has 0 saturated heterocycles. The first-order chi connectivity index (χ1) is 11.8. The number of aromatic nitrogens is 1. The normalized spacial score (nSPS) is 11.3. The van der Waals surface area contributed by atoms with Gasteiger partial charge in [0.25, 0.3) is 5.91 Å². The van der Waals surface area contributed by atoms with Gasteiger partial charge >= 0.3 is 0 Å². The third kappa shape index (κ3) is 3.92. The number of carbonyl (C=O) groups is 1. The number of rotatable bonds is 4. The number of thiazole rings is 1. The van der Waals surface area contributed by atoms with Gasteiger partial charge in [0.2, 0.25) is 0 Å². The average Bonchev–Trinajstić information content (AvgIpc) is 3.05. The highest BCUT2D eigenvalue weighted by Crippen LogP contribution is 2.25. The lowest BCUT2D eigenvalue weighted by atomic mass is 10.2. The van der Waals surface area contributed by atoms with Crippen molar-refractivity contribution in [3.05, 3.63) is 65.4 Å². The first kappa shape index (κ1) is 17.2. The lowest BCUT2D eigenvalue weighted by molar-refractivity contribution is 0.102. The Balaban J connectivity index is 1.85. The van der Waals surface area contributed by atoms with Gasteiger partial charge in [-0.15, -0.1) is 11.3 Å². The van der Waals surface area contributed by atoms with E-state index in [9.17, 15) is 17.6 Å². The molecule has 0 aliphatic carbocycles. The third-order valence-electron chi connectivity index (χ3n) is 3.36. The Hall–Kier alpha value is -2.58. The molecule has 0 aliphatic heterocycles. The van der Waals surface area contributed by atoms with Gasteiger partial charge in [-0.05, 0) is 36.4 Å². The summed E-state index contributed by atoms with van der Waals surface area (Å²) in [6, 6.07) is 12.0. The molecule has 1 aromatic heterocycles. The van der Waals surface area contributed by atoms with Gasteiger partial charge in [0.15, 0.2) is 9.84 Å². The number of sulfone groups is 1. The van der Waals surface area contributed by atoms with Gasteiger partial charge in [-0.1, -0.05) is 12.1 Å². The van der Waals surface area contributed by atoms with E-state index in [0.717, 1.165) is 6.26 Å². The molecule has 0 atom stereocenters. The Morgan fingerprint density at radius 2 is 1.80 bits per heavy atom. The van der Waals surface area contributed by atoms with E-state index in [-0.39, 0.29) is 22.1 Å². The molecule has 128 valence electrons.